The van der Waals surface area contributed by atoms with Crippen LogP contribution in [0.2, 0.25) is 0 Å². The Kier molecular flexibility index (Phi) is 11.3. The topological polar surface area (TPSA) is 191 Å². The van der Waals surface area contributed by atoms with Gasteiger partial charge < -0.3 is 4.84 Å². The maximum atomic E-state index is 12.2. The van der Waals surface area contributed by atoms with Crippen LogP contribution in [0.25, 0.3) is 0 Å². The first-order chi connectivity index (χ1) is 23.9. The molecule has 15 nitrogen and oxygen atoms in total. The predicted molar refractivity (Wildman–Crippen MR) is 163 cm³/mol. The van der Waals surface area contributed by atoms with E-state index in [9.17, 15) is 43.2 Å². The Morgan fingerprint density at radius 1 is 0.440 bits per heavy atom. The zero-order valence-electron chi connectivity index (χ0n) is 26.6. The second-order valence-corrected chi connectivity index (χ2v) is 19.0. The number of rotatable bonds is 8. The summed E-state index contributed by atoms with van der Waals surface area (Å²) in [5.41, 5.74) is 1.77. The molecule has 6 rings (SSSR count). The second kappa shape index (κ2) is 15.8. The van der Waals surface area contributed by atoms with Gasteiger partial charge >= 0.3 is 206 Å². The molecule has 0 aromatic heterocycles. The van der Waals surface area contributed by atoms with E-state index in [-0.39, 0.29) is 49.7 Å². The van der Waals surface area contributed by atoms with Crippen molar-refractivity contribution in [2.24, 2.45) is 0 Å². The van der Waals surface area contributed by atoms with Gasteiger partial charge in [-0.3, -0.25) is 9.59 Å². The summed E-state index contributed by atoms with van der Waals surface area (Å²) in [5.74, 6) is -5.35. The zero-order chi connectivity index (χ0) is 35.9. The van der Waals surface area contributed by atoms with Gasteiger partial charge in [0.05, 0.1) is 5.56 Å². The molecule has 6 amide bonds. The average molecular weight is 870 g/mol. The van der Waals surface area contributed by atoms with E-state index in [1.807, 2.05) is 6.92 Å². The number of hydrogen-bond acceptors (Lipinski definition) is 12. The summed E-state index contributed by atoms with van der Waals surface area (Å²) in [7, 11) is 0. The monoisotopic (exact) mass is 871 g/mol. The normalized spacial score (nSPS) is 15.5. The molecule has 3 aromatic carbocycles. The molecule has 3 aliphatic rings. The third-order valence-corrected chi connectivity index (χ3v) is 14.5. The molecular weight excluding hydrogens is 843 g/mol. The van der Waals surface area contributed by atoms with Crippen LogP contribution < -0.4 is 6.14 Å². The number of amides is 6. The number of imide groups is 3. The number of benzene rings is 3. The summed E-state index contributed by atoms with van der Waals surface area (Å²) >= 11 is -1.79. The average Bonchev–Trinajstić information content (AvgIpc) is 3.72. The Bertz CT molecular complexity index is 1750. The number of aryl methyl sites for hydroxylation is 1. The molecule has 3 aliphatic heterocycles. The minimum absolute atomic E-state index is 0.0328. The van der Waals surface area contributed by atoms with Gasteiger partial charge in [-0.25, -0.2) is 4.79 Å². The van der Waals surface area contributed by atoms with Gasteiger partial charge in [-0.2, -0.15) is 0 Å². The Labute approximate surface area is 296 Å². The molecule has 3 saturated heterocycles. The van der Waals surface area contributed by atoms with Crippen LogP contribution in [0.1, 0.15) is 75.2 Å². The van der Waals surface area contributed by atoms with Gasteiger partial charge in [-0.05, 0) is 19.1 Å². The van der Waals surface area contributed by atoms with Crippen LogP contribution in [-0.2, 0) is 67.9 Å². The quantitative estimate of drug-likeness (QED) is 0.234. The molecule has 0 bridgehead atoms. The Balaban J connectivity index is 0.000000240. The van der Waals surface area contributed by atoms with E-state index in [1.54, 1.807) is 72.8 Å². The van der Waals surface area contributed by atoms with Gasteiger partial charge in [0.2, 0.25) is 0 Å². The van der Waals surface area contributed by atoms with E-state index in [0.29, 0.717) is 20.8 Å². The van der Waals surface area contributed by atoms with Gasteiger partial charge in [-0.1, -0.05) is 17.7 Å². The predicted octanol–water partition coefficient (Wildman–Crippen LogP) is 1.38. The van der Waals surface area contributed by atoms with Gasteiger partial charge in [-0.15, -0.1) is 5.06 Å². The van der Waals surface area contributed by atoms with Crippen molar-refractivity contribution >= 4 is 59.5 Å². The Morgan fingerprint density at radius 3 is 0.940 bits per heavy atom. The van der Waals surface area contributed by atoms with Crippen molar-refractivity contribution < 1.29 is 82.2 Å². The number of nitrogens with zero attached hydrogens (tertiary/aromatic N) is 3. The summed E-state index contributed by atoms with van der Waals surface area (Å²) in [5, 5.41) is 1.57. The molecule has 0 saturated carbocycles. The molecule has 50 heavy (non-hydrogen) atoms. The van der Waals surface area contributed by atoms with Crippen molar-refractivity contribution in [3.63, 3.8) is 0 Å². The number of carbonyl (C=O) groups is 9. The summed E-state index contributed by atoms with van der Waals surface area (Å²) < 4.78 is 2.17. The van der Waals surface area contributed by atoms with Gasteiger partial charge in [0.25, 0.3) is 11.8 Å². The molecule has 3 heterocycles. The summed E-state index contributed by atoms with van der Waals surface area (Å²) in [6.07, 6.45) is 0.326. The molecule has 0 radical (unpaired) electrons. The first kappa shape index (κ1) is 35.7. The molecule has 0 spiro atoms. The molecule has 0 atom stereocenters. The van der Waals surface area contributed by atoms with Crippen LogP contribution in [0.5, 0.6) is 0 Å². The fourth-order valence-corrected chi connectivity index (χ4v) is 10.3. The van der Waals surface area contributed by atoms with E-state index in [1.165, 1.54) is 0 Å². The van der Waals surface area contributed by atoms with Crippen LogP contribution in [0, 0.1) is 6.92 Å². The molecule has 16 heteroatoms. The first-order valence-corrected chi connectivity index (χ1v) is 20.9. The van der Waals surface area contributed by atoms with E-state index < -0.39 is 77.9 Å². The third-order valence-electron chi connectivity index (χ3n) is 7.61. The zero-order valence-corrected chi connectivity index (χ0v) is 32.1. The molecule has 0 N–H and O–H groups in total. The first-order valence-electron chi connectivity index (χ1n) is 15.4. The van der Waals surface area contributed by atoms with Crippen molar-refractivity contribution in [2.45, 2.75) is 45.4 Å². The van der Waals surface area contributed by atoms with E-state index in [4.69, 9.17) is 14.5 Å². The van der Waals surface area contributed by atoms with Crippen molar-refractivity contribution in [3.05, 3.63) is 95.1 Å². The minimum atomic E-state index is -1.79. The Morgan fingerprint density at radius 2 is 0.680 bits per heavy atom. The van der Waals surface area contributed by atoms with Gasteiger partial charge in [0, 0.05) is 12.8 Å². The van der Waals surface area contributed by atoms with Crippen molar-refractivity contribution in [1.82, 2.24) is 15.2 Å². The van der Waals surface area contributed by atoms with Crippen molar-refractivity contribution in [3.8, 4) is 0 Å². The van der Waals surface area contributed by atoms with Gasteiger partial charge in [0.1, 0.15) is 0 Å². The maximum absolute atomic E-state index is 12.2. The molecule has 0 unspecified atom stereocenters. The third kappa shape index (κ3) is 8.71. The van der Waals surface area contributed by atoms with Crippen LogP contribution in [0.4, 0.5) is 0 Å². The number of carbonyl (C=O) groups excluding carboxylic acids is 9. The van der Waals surface area contributed by atoms with Crippen LogP contribution in [0.15, 0.2) is 72.8 Å². The second-order valence-electron chi connectivity index (χ2n) is 11.3. The fraction of sp³-hybridized carbons (Fsp3) is 0.206. The summed E-state index contributed by atoms with van der Waals surface area (Å²) in [6, 6.07) is 20.2. The van der Waals surface area contributed by atoms with E-state index >= 15 is 0 Å². The fourth-order valence-electron chi connectivity index (χ4n) is 4.82. The Hall–Kier alpha value is -5.57. The number of hydrogen-bond donors (Lipinski definition) is 0. The standard InChI is InChI=1S/C12H11NO4.2C11H8NO4.Hg/c1-8-2-4-9(5-3-8)12(16)17-13-10(14)6-7-11(13)15;2*13-9-6-7-10(14)12(9)16-11(15)8-4-2-1-3-5-8;/h2-5H,6-7H2,1H3;2*2-5H,6-7H2;. The molecule has 252 valence electrons. The van der Waals surface area contributed by atoms with Crippen LogP contribution in [0.3, 0.4) is 0 Å². The molecular formula is C34H27HgN3O12. The van der Waals surface area contributed by atoms with Crippen LogP contribution in [-0.4, -0.2) is 68.5 Å². The van der Waals surface area contributed by atoms with E-state index in [2.05, 4.69) is 0 Å². The summed E-state index contributed by atoms with van der Waals surface area (Å²) in [6.45, 7) is 1.89. The molecule has 3 fully saturated rings. The SMILES string of the molecule is Cc1ccc(C(=O)ON2C(=O)CCC2=O)cc1.O=C(ON1C(=O)CCC1=O)c1cc[c]([Hg][c]2ccc(C(=O)ON3C(=O)CCC3=O)cc2)cc1. The van der Waals surface area contributed by atoms with Gasteiger partial charge in [0.15, 0.2) is 0 Å². The molecule has 0 aliphatic carbocycles. The van der Waals surface area contributed by atoms with Crippen LogP contribution >= 0.6 is 0 Å². The number of hydroxylamine groups is 6. The van der Waals surface area contributed by atoms with E-state index in [0.717, 1.165) is 11.7 Å². The van der Waals surface area contributed by atoms with Crippen molar-refractivity contribution in [2.75, 3.05) is 0 Å². The van der Waals surface area contributed by atoms with Crippen molar-refractivity contribution in [1.29, 1.82) is 0 Å². The molecule has 3 aromatic rings. The summed E-state index contributed by atoms with van der Waals surface area (Å²) in [4.78, 5) is 119.